The summed E-state index contributed by atoms with van der Waals surface area (Å²) in [5, 5.41) is 9.49. The number of nitrogens with one attached hydrogen (secondary N) is 1. The summed E-state index contributed by atoms with van der Waals surface area (Å²) >= 11 is 0. The molecule has 0 aromatic heterocycles. The molecule has 1 aliphatic heterocycles. The number of hydrogen-bond acceptors (Lipinski definition) is 2. The Bertz CT molecular complexity index is 131. The van der Waals surface area contributed by atoms with E-state index in [2.05, 4.69) is 7.05 Å². The van der Waals surface area contributed by atoms with Crippen LogP contribution in [0.3, 0.4) is 0 Å². The predicted octanol–water partition coefficient (Wildman–Crippen LogP) is -0.779. The van der Waals surface area contributed by atoms with Crippen LogP contribution >= 0.6 is 0 Å². The lowest BCUT2D eigenvalue weighted by molar-refractivity contribution is -0.884. The van der Waals surface area contributed by atoms with Gasteiger partial charge in [0.05, 0.1) is 20.1 Å². The van der Waals surface area contributed by atoms with Gasteiger partial charge in [0.25, 0.3) is 0 Å². The molecule has 0 radical (unpaired) electrons. The zero-order chi connectivity index (χ0) is 10.1. The molecule has 3 heteroatoms. The number of carbonyl (C=O) groups is 1. The molecule has 1 rings (SSSR count). The van der Waals surface area contributed by atoms with Crippen LogP contribution in [0, 0.1) is 0 Å². The van der Waals surface area contributed by atoms with Crippen molar-refractivity contribution in [1.29, 1.82) is 0 Å². The Morgan fingerprint density at radius 2 is 1.85 bits per heavy atom. The number of carboxylic acids is 1. The van der Waals surface area contributed by atoms with Crippen molar-refractivity contribution < 1.29 is 14.8 Å². The summed E-state index contributed by atoms with van der Waals surface area (Å²) in [6, 6.07) is 0. The first kappa shape index (κ1) is 12.4. The largest absolute Gasteiger partial charge is 0.550 e. The van der Waals surface area contributed by atoms with Crippen molar-refractivity contribution in [2.75, 3.05) is 20.1 Å². The molecule has 0 aromatic rings. The lowest BCUT2D eigenvalue weighted by atomic mass is 10.1. The van der Waals surface area contributed by atoms with Crippen LogP contribution in [0.15, 0.2) is 0 Å². The first-order chi connectivity index (χ1) is 6.16. The predicted molar refractivity (Wildman–Crippen MR) is 50.4 cm³/mol. The highest BCUT2D eigenvalue weighted by atomic mass is 16.4. The van der Waals surface area contributed by atoms with E-state index in [1.54, 1.807) is 11.8 Å². The van der Waals surface area contributed by atoms with E-state index in [4.69, 9.17) is 0 Å². The van der Waals surface area contributed by atoms with Crippen LogP contribution in [0.4, 0.5) is 0 Å². The summed E-state index contributed by atoms with van der Waals surface area (Å²) in [5.41, 5.74) is 0. The topological polar surface area (TPSA) is 44.6 Å². The Morgan fingerprint density at radius 1 is 1.31 bits per heavy atom. The van der Waals surface area contributed by atoms with Crippen molar-refractivity contribution in [2.24, 2.45) is 0 Å². The van der Waals surface area contributed by atoms with Gasteiger partial charge in [-0.05, 0) is 25.7 Å². The number of rotatable bonds is 2. The molecule has 0 spiro atoms. The number of carboxylic acid groups (broad SMARTS) is 1. The maximum Gasteiger partial charge on any atom is 0.0768 e. The maximum absolute atomic E-state index is 9.49. The quantitative estimate of drug-likeness (QED) is 0.616. The molecule has 1 saturated heterocycles. The third-order valence-corrected chi connectivity index (χ3v) is 2.16. The molecule has 1 N–H and O–H groups in total. The van der Waals surface area contributed by atoms with E-state index >= 15 is 0 Å². The van der Waals surface area contributed by atoms with Crippen molar-refractivity contribution in [2.45, 2.75) is 39.0 Å². The van der Waals surface area contributed by atoms with E-state index in [1.165, 1.54) is 32.4 Å². The summed E-state index contributed by atoms with van der Waals surface area (Å²) in [7, 11) is 2.28. The van der Waals surface area contributed by atoms with Crippen LogP contribution in [0.1, 0.15) is 39.0 Å². The molecule has 0 unspecified atom stereocenters. The number of piperidine rings is 1. The average molecular weight is 187 g/mol. The van der Waals surface area contributed by atoms with Crippen molar-refractivity contribution >= 4 is 5.97 Å². The van der Waals surface area contributed by atoms with Gasteiger partial charge in [-0.15, -0.1) is 0 Å². The van der Waals surface area contributed by atoms with Crippen LogP contribution in [-0.2, 0) is 4.79 Å². The number of quaternary nitrogens is 1. The minimum absolute atomic E-state index is 0.181. The highest BCUT2D eigenvalue weighted by Crippen LogP contribution is 1.92. The average Bonchev–Trinajstić information content (AvgIpc) is 2.06. The number of aliphatic carboxylic acids is 1. The van der Waals surface area contributed by atoms with Crippen LogP contribution in [0.2, 0.25) is 0 Å². The van der Waals surface area contributed by atoms with E-state index in [0.717, 1.165) is 0 Å². The van der Waals surface area contributed by atoms with E-state index in [0.29, 0.717) is 6.42 Å². The normalized spacial score (nSPS) is 17.4. The van der Waals surface area contributed by atoms with E-state index in [9.17, 15) is 9.90 Å². The van der Waals surface area contributed by atoms with Crippen LogP contribution in [-0.4, -0.2) is 26.1 Å². The summed E-state index contributed by atoms with van der Waals surface area (Å²) in [6.45, 7) is 4.61. The minimum Gasteiger partial charge on any atom is -0.550 e. The zero-order valence-electron chi connectivity index (χ0n) is 8.77. The molecule has 0 amide bonds. The molecule has 0 saturated carbocycles. The molecule has 0 bridgehead atoms. The molecule has 13 heavy (non-hydrogen) atoms. The van der Waals surface area contributed by atoms with Gasteiger partial charge >= 0.3 is 0 Å². The van der Waals surface area contributed by atoms with Gasteiger partial charge in [0.1, 0.15) is 0 Å². The number of carbonyl (C=O) groups excluding carboxylic acids is 1. The third-order valence-electron chi connectivity index (χ3n) is 2.16. The van der Waals surface area contributed by atoms with Gasteiger partial charge in [0.15, 0.2) is 0 Å². The Labute approximate surface area is 80.7 Å². The molecule has 0 aliphatic carbocycles. The van der Waals surface area contributed by atoms with Gasteiger partial charge in [0.2, 0.25) is 0 Å². The van der Waals surface area contributed by atoms with Gasteiger partial charge in [-0.25, -0.2) is 0 Å². The fraction of sp³-hybridized carbons (Fsp3) is 0.900. The second-order valence-corrected chi connectivity index (χ2v) is 3.64. The van der Waals surface area contributed by atoms with Crippen molar-refractivity contribution in [3.8, 4) is 0 Å². The summed E-state index contributed by atoms with van der Waals surface area (Å²) in [5.74, 6) is -0.961. The second kappa shape index (κ2) is 8.05. The van der Waals surface area contributed by atoms with E-state index in [1.807, 2.05) is 0 Å². The highest BCUT2D eigenvalue weighted by Gasteiger charge is 2.05. The van der Waals surface area contributed by atoms with Crippen molar-refractivity contribution in [3.05, 3.63) is 0 Å². The van der Waals surface area contributed by atoms with E-state index in [-0.39, 0.29) is 6.42 Å². The minimum atomic E-state index is -0.961. The number of likely N-dealkylation sites (tertiary alicyclic amines) is 1. The first-order valence-corrected chi connectivity index (χ1v) is 5.18. The summed E-state index contributed by atoms with van der Waals surface area (Å²) < 4.78 is 0. The molecule has 0 atom stereocenters. The molecule has 1 aliphatic rings. The molecular weight excluding hydrogens is 166 g/mol. The van der Waals surface area contributed by atoms with Gasteiger partial charge in [-0.2, -0.15) is 0 Å². The maximum atomic E-state index is 9.49. The summed E-state index contributed by atoms with van der Waals surface area (Å²) in [4.78, 5) is 11.2. The fourth-order valence-electron chi connectivity index (χ4n) is 1.36. The fourth-order valence-corrected chi connectivity index (χ4v) is 1.36. The SMILES string of the molecule is CCCC(=O)[O-].C[NH+]1CCCCC1. The smallest absolute Gasteiger partial charge is 0.0768 e. The Kier molecular flexibility index (Phi) is 7.69. The standard InChI is InChI=1S/C6H13N.C4H8O2/c1-7-5-3-2-4-6-7;1-2-3-4(5)6/h2-6H2,1H3;2-3H2,1H3,(H,5,6). The summed E-state index contributed by atoms with van der Waals surface area (Å²) in [6.07, 6.45) is 5.22. The molecule has 0 aromatic carbocycles. The Balaban J connectivity index is 0.000000226. The second-order valence-electron chi connectivity index (χ2n) is 3.64. The van der Waals surface area contributed by atoms with Gasteiger partial charge < -0.3 is 14.8 Å². The van der Waals surface area contributed by atoms with Crippen LogP contribution in [0.25, 0.3) is 0 Å². The molecule has 1 heterocycles. The third kappa shape index (κ3) is 9.34. The number of hydrogen-bond donors (Lipinski definition) is 1. The van der Waals surface area contributed by atoms with Crippen molar-refractivity contribution in [3.63, 3.8) is 0 Å². The van der Waals surface area contributed by atoms with Crippen LogP contribution in [0.5, 0.6) is 0 Å². The Morgan fingerprint density at radius 3 is 2.00 bits per heavy atom. The molecular formula is C10H21NO2. The van der Waals surface area contributed by atoms with Gasteiger partial charge in [-0.1, -0.05) is 13.3 Å². The highest BCUT2D eigenvalue weighted by molar-refractivity contribution is 5.63. The molecule has 3 nitrogen and oxygen atoms in total. The zero-order valence-corrected chi connectivity index (χ0v) is 8.77. The van der Waals surface area contributed by atoms with Crippen molar-refractivity contribution in [1.82, 2.24) is 0 Å². The lowest BCUT2D eigenvalue weighted by Crippen LogP contribution is -3.09. The first-order valence-electron chi connectivity index (χ1n) is 5.18. The van der Waals surface area contributed by atoms with E-state index < -0.39 is 5.97 Å². The van der Waals surface area contributed by atoms with Crippen LogP contribution < -0.4 is 10.0 Å². The monoisotopic (exact) mass is 187 g/mol. The lowest BCUT2D eigenvalue weighted by Gasteiger charge is -2.17. The molecule has 78 valence electrons. The van der Waals surface area contributed by atoms with Gasteiger partial charge in [-0.3, -0.25) is 0 Å². The van der Waals surface area contributed by atoms with Gasteiger partial charge in [0, 0.05) is 5.97 Å². The molecule has 1 fully saturated rings. The Hall–Kier alpha value is -0.570.